The third-order valence-electron chi connectivity index (χ3n) is 10.6. The first-order valence-corrected chi connectivity index (χ1v) is 16.4. The van der Waals surface area contributed by atoms with Crippen LogP contribution in [0.4, 0.5) is 0 Å². The van der Waals surface area contributed by atoms with Crippen LogP contribution in [0, 0.1) is 0 Å². The van der Waals surface area contributed by atoms with E-state index < -0.39 is 5.41 Å². The van der Waals surface area contributed by atoms with Gasteiger partial charge in [0.25, 0.3) is 0 Å². The number of para-hydroxylation sites is 1. The maximum Gasteiger partial charge on any atom is 0.140 e. The van der Waals surface area contributed by atoms with E-state index in [4.69, 9.17) is 14.4 Å². The van der Waals surface area contributed by atoms with Gasteiger partial charge in [-0.3, -0.25) is 9.97 Å². The zero-order valence-electron chi connectivity index (χ0n) is 25.8. The van der Waals surface area contributed by atoms with Crippen molar-refractivity contribution in [1.29, 1.82) is 0 Å². The molecule has 2 aliphatic carbocycles. The molecule has 48 heavy (non-hydrogen) atoms. The van der Waals surface area contributed by atoms with Gasteiger partial charge in [-0.05, 0) is 79.7 Å². The van der Waals surface area contributed by atoms with Gasteiger partial charge in [0.15, 0.2) is 0 Å². The van der Waals surface area contributed by atoms with Crippen LogP contribution in [0.2, 0.25) is 0 Å². The summed E-state index contributed by atoms with van der Waals surface area (Å²) in [7, 11) is 0. The second-order valence-electron chi connectivity index (χ2n) is 12.8. The van der Waals surface area contributed by atoms with E-state index in [-0.39, 0.29) is 0 Å². The van der Waals surface area contributed by atoms with E-state index in [0.717, 1.165) is 33.7 Å². The number of furan rings is 1. The predicted octanol–water partition coefficient (Wildman–Crippen LogP) is 11.2. The lowest BCUT2D eigenvalue weighted by Crippen LogP contribution is -2.26. The second-order valence-corrected chi connectivity index (χ2v) is 12.8. The maximum absolute atomic E-state index is 6.71. The lowest BCUT2D eigenvalue weighted by Gasteiger charge is -2.30. The van der Waals surface area contributed by atoms with Crippen molar-refractivity contribution >= 4 is 32.5 Å². The standard InChI is InChI=1S/C45H26N2O/c1-3-14-30-28(12-1)40(29-13-2-4-15-31(29)41(30)38-20-9-10-24-46-38)27-22-23-32-37(26-27)45(36-19-11-25-47-43(32)36)35-18-7-5-16-33(35)44-42(45)34-17-6-8-21-39(34)48-44/h1-26H. The monoisotopic (exact) mass is 610 g/mol. The number of benzene rings is 6. The average molecular weight is 611 g/mol. The molecule has 1 unspecified atom stereocenters. The minimum atomic E-state index is -0.563. The van der Waals surface area contributed by atoms with Crippen LogP contribution in [0.1, 0.15) is 22.3 Å². The van der Waals surface area contributed by atoms with Crippen molar-refractivity contribution in [2.24, 2.45) is 0 Å². The molecule has 0 fully saturated rings. The first-order valence-electron chi connectivity index (χ1n) is 16.4. The summed E-state index contributed by atoms with van der Waals surface area (Å²) in [6.45, 7) is 0. The number of rotatable bonds is 2. The van der Waals surface area contributed by atoms with Crippen LogP contribution in [0.15, 0.2) is 162 Å². The molecule has 0 bridgehead atoms. The molecule has 6 aromatic carbocycles. The predicted molar refractivity (Wildman–Crippen MR) is 194 cm³/mol. The van der Waals surface area contributed by atoms with E-state index >= 15 is 0 Å². The van der Waals surface area contributed by atoms with Gasteiger partial charge in [-0.1, -0.05) is 115 Å². The summed E-state index contributed by atoms with van der Waals surface area (Å²) in [5, 5.41) is 5.95. The summed E-state index contributed by atoms with van der Waals surface area (Å²) in [5.74, 6) is 0.954. The van der Waals surface area contributed by atoms with Crippen LogP contribution in [0.3, 0.4) is 0 Å². The molecule has 2 aliphatic rings. The smallest absolute Gasteiger partial charge is 0.140 e. The quantitative estimate of drug-likeness (QED) is 0.183. The first-order chi connectivity index (χ1) is 23.8. The molecule has 0 N–H and O–H groups in total. The Morgan fingerprint density at radius 2 is 1.10 bits per heavy atom. The molecule has 0 saturated heterocycles. The maximum atomic E-state index is 6.71. The first kappa shape index (κ1) is 25.8. The van der Waals surface area contributed by atoms with Gasteiger partial charge in [-0.2, -0.15) is 0 Å². The van der Waals surface area contributed by atoms with E-state index in [0.29, 0.717) is 0 Å². The normalized spacial score (nSPS) is 15.6. The Labute approximate surface area is 276 Å². The second kappa shape index (κ2) is 9.37. The molecule has 0 aliphatic heterocycles. The highest BCUT2D eigenvalue weighted by molar-refractivity contribution is 6.21. The Morgan fingerprint density at radius 1 is 0.458 bits per heavy atom. The van der Waals surface area contributed by atoms with Crippen LogP contribution in [-0.4, -0.2) is 9.97 Å². The number of fused-ring (bicyclic) bond motifs is 14. The van der Waals surface area contributed by atoms with Crippen LogP contribution in [-0.2, 0) is 5.41 Å². The molecular weight excluding hydrogens is 585 g/mol. The van der Waals surface area contributed by atoms with Crippen molar-refractivity contribution in [2.45, 2.75) is 5.41 Å². The lowest BCUT2D eigenvalue weighted by atomic mass is 9.70. The zero-order valence-corrected chi connectivity index (χ0v) is 25.8. The Bertz CT molecular complexity index is 2740. The molecule has 11 rings (SSSR count). The fraction of sp³-hybridized carbons (Fsp3) is 0.0222. The lowest BCUT2D eigenvalue weighted by molar-refractivity contribution is 0.628. The largest absolute Gasteiger partial charge is 0.456 e. The Hall–Kier alpha value is -6.32. The molecule has 1 atom stereocenters. The highest BCUT2D eigenvalue weighted by atomic mass is 16.3. The molecule has 0 amide bonds. The summed E-state index contributed by atoms with van der Waals surface area (Å²) < 4.78 is 6.71. The van der Waals surface area contributed by atoms with Gasteiger partial charge < -0.3 is 4.42 Å². The topological polar surface area (TPSA) is 38.9 Å². The molecule has 3 heterocycles. The third kappa shape index (κ3) is 3.13. The summed E-state index contributed by atoms with van der Waals surface area (Å²) in [6, 6.07) is 52.3. The Morgan fingerprint density at radius 3 is 1.88 bits per heavy atom. The molecule has 1 spiro atoms. The fourth-order valence-electron chi connectivity index (χ4n) is 8.82. The number of nitrogens with zero attached hydrogens (tertiary/aromatic N) is 2. The van der Waals surface area contributed by atoms with E-state index in [1.807, 2.05) is 18.5 Å². The summed E-state index contributed by atoms with van der Waals surface area (Å²) in [4.78, 5) is 9.86. The number of hydrogen-bond acceptors (Lipinski definition) is 3. The SMILES string of the molecule is c1ccc(-c2c3ccccc3c(-c3ccc4c(c3)C3(c5ccccc5-c5oc6ccccc6c53)c3cccnc3-4)c3ccccc23)nc1. The van der Waals surface area contributed by atoms with Crippen LogP contribution < -0.4 is 0 Å². The van der Waals surface area contributed by atoms with Gasteiger partial charge >= 0.3 is 0 Å². The molecule has 222 valence electrons. The Kier molecular flexibility index (Phi) is 5.04. The van der Waals surface area contributed by atoms with E-state index in [1.165, 1.54) is 66.1 Å². The van der Waals surface area contributed by atoms with Crippen molar-refractivity contribution in [3.8, 4) is 45.0 Å². The number of hydrogen-bond donors (Lipinski definition) is 0. The number of aromatic nitrogens is 2. The average Bonchev–Trinajstić information content (AvgIpc) is 3.77. The molecule has 3 nitrogen and oxygen atoms in total. The molecule has 9 aromatic rings. The minimum Gasteiger partial charge on any atom is -0.456 e. The van der Waals surface area contributed by atoms with Crippen molar-refractivity contribution in [3.63, 3.8) is 0 Å². The van der Waals surface area contributed by atoms with Crippen molar-refractivity contribution in [1.82, 2.24) is 9.97 Å². The van der Waals surface area contributed by atoms with Crippen molar-refractivity contribution in [3.05, 3.63) is 180 Å². The third-order valence-corrected chi connectivity index (χ3v) is 10.6. The minimum absolute atomic E-state index is 0.563. The van der Waals surface area contributed by atoms with Gasteiger partial charge in [0.05, 0.1) is 16.8 Å². The highest BCUT2D eigenvalue weighted by Crippen LogP contribution is 2.64. The highest BCUT2D eigenvalue weighted by Gasteiger charge is 2.55. The molecule has 0 radical (unpaired) electrons. The Balaban J connectivity index is 1.28. The summed E-state index contributed by atoms with van der Waals surface area (Å²) >= 11 is 0. The van der Waals surface area contributed by atoms with E-state index in [1.54, 1.807) is 0 Å². The van der Waals surface area contributed by atoms with Crippen LogP contribution in [0.5, 0.6) is 0 Å². The van der Waals surface area contributed by atoms with Gasteiger partial charge in [0.1, 0.15) is 11.3 Å². The van der Waals surface area contributed by atoms with Gasteiger partial charge in [0, 0.05) is 40.0 Å². The molecule has 0 saturated carbocycles. The summed E-state index contributed by atoms with van der Waals surface area (Å²) in [5.41, 5.74) is 13.2. The van der Waals surface area contributed by atoms with Gasteiger partial charge in [-0.25, -0.2) is 0 Å². The molecule has 3 heteroatoms. The van der Waals surface area contributed by atoms with E-state index in [9.17, 15) is 0 Å². The molecule has 3 aromatic heterocycles. The van der Waals surface area contributed by atoms with Crippen molar-refractivity contribution < 1.29 is 4.42 Å². The fourth-order valence-corrected chi connectivity index (χ4v) is 8.82. The number of pyridine rings is 2. The van der Waals surface area contributed by atoms with Gasteiger partial charge in [0.2, 0.25) is 0 Å². The summed E-state index contributed by atoms with van der Waals surface area (Å²) in [6.07, 6.45) is 3.80. The van der Waals surface area contributed by atoms with E-state index in [2.05, 4.69) is 140 Å². The molecular formula is C45H26N2O. The van der Waals surface area contributed by atoms with Crippen molar-refractivity contribution in [2.75, 3.05) is 0 Å². The van der Waals surface area contributed by atoms with Crippen LogP contribution >= 0.6 is 0 Å². The van der Waals surface area contributed by atoms with Crippen LogP contribution in [0.25, 0.3) is 77.5 Å². The van der Waals surface area contributed by atoms with Gasteiger partial charge in [-0.15, -0.1) is 0 Å². The zero-order chi connectivity index (χ0) is 31.4.